The summed E-state index contributed by atoms with van der Waals surface area (Å²) in [6.07, 6.45) is 0. The Balaban J connectivity index is 1.56. The van der Waals surface area contributed by atoms with E-state index in [9.17, 15) is 9.59 Å². The van der Waals surface area contributed by atoms with Crippen LogP contribution >= 0.6 is 11.8 Å². The Labute approximate surface area is 180 Å². The normalized spacial score (nSPS) is 18.3. The number of hydrogen-bond donors (Lipinski definition) is 1. The topological polar surface area (TPSA) is 58.6 Å². The molecule has 0 aliphatic carbocycles. The van der Waals surface area contributed by atoms with E-state index in [1.165, 1.54) is 6.92 Å². The van der Waals surface area contributed by atoms with Crippen LogP contribution in [0.4, 0.5) is 11.4 Å². The standard InChI is InChI=1S/C24H22N2O3S/c1-16-23(28)26(20-12-10-19(11-13-20)25-17(2)27)24(30-16)18-8-14-22(15-9-18)29-21-6-4-3-5-7-21/h3-16,24H,1-2H3,(H,25,27)/t16-,24+/m0/s1. The van der Waals surface area contributed by atoms with Gasteiger partial charge in [-0.15, -0.1) is 11.8 Å². The first-order valence-electron chi connectivity index (χ1n) is 9.70. The van der Waals surface area contributed by atoms with Gasteiger partial charge in [0.05, 0.1) is 5.25 Å². The van der Waals surface area contributed by atoms with E-state index in [4.69, 9.17) is 4.74 Å². The van der Waals surface area contributed by atoms with Gasteiger partial charge in [-0.2, -0.15) is 0 Å². The Kier molecular flexibility index (Phi) is 5.77. The molecule has 1 aliphatic rings. The monoisotopic (exact) mass is 418 g/mol. The van der Waals surface area contributed by atoms with Crippen LogP contribution < -0.4 is 15.0 Å². The van der Waals surface area contributed by atoms with Crippen LogP contribution in [0.2, 0.25) is 0 Å². The highest BCUT2D eigenvalue weighted by Crippen LogP contribution is 2.45. The number of nitrogens with zero attached hydrogens (tertiary/aromatic N) is 1. The second-order valence-corrected chi connectivity index (χ2v) is 8.48. The third-order valence-corrected chi connectivity index (χ3v) is 6.11. The molecule has 0 spiro atoms. The van der Waals surface area contributed by atoms with Crippen LogP contribution in [0.15, 0.2) is 78.9 Å². The second kappa shape index (κ2) is 8.63. The van der Waals surface area contributed by atoms with Crippen molar-refractivity contribution < 1.29 is 14.3 Å². The maximum atomic E-state index is 12.9. The number of carbonyl (C=O) groups is 2. The number of ether oxygens (including phenoxy) is 1. The largest absolute Gasteiger partial charge is 0.457 e. The van der Waals surface area contributed by atoms with Crippen molar-refractivity contribution in [2.75, 3.05) is 10.2 Å². The molecule has 0 unspecified atom stereocenters. The van der Waals surface area contributed by atoms with E-state index >= 15 is 0 Å². The SMILES string of the molecule is CC(=O)Nc1ccc(N2C(=O)[C@H](C)S[C@@H]2c2ccc(Oc3ccccc3)cc2)cc1. The summed E-state index contributed by atoms with van der Waals surface area (Å²) in [4.78, 5) is 25.9. The van der Waals surface area contributed by atoms with Crippen LogP contribution in [0.25, 0.3) is 0 Å². The molecule has 2 amide bonds. The highest BCUT2D eigenvalue weighted by molar-refractivity contribution is 8.01. The number of thioether (sulfide) groups is 1. The van der Waals surface area contributed by atoms with Crippen LogP contribution in [0.3, 0.4) is 0 Å². The van der Waals surface area contributed by atoms with Crippen LogP contribution in [-0.4, -0.2) is 17.1 Å². The van der Waals surface area contributed by atoms with Gasteiger partial charge >= 0.3 is 0 Å². The second-order valence-electron chi connectivity index (χ2n) is 7.05. The van der Waals surface area contributed by atoms with Gasteiger partial charge < -0.3 is 10.1 Å². The smallest absolute Gasteiger partial charge is 0.241 e. The van der Waals surface area contributed by atoms with Gasteiger partial charge in [0.2, 0.25) is 11.8 Å². The molecule has 152 valence electrons. The third-order valence-electron chi connectivity index (χ3n) is 4.76. The molecule has 0 saturated carbocycles. The first-order valence-corrected chi connectivity index (χ1v) is 10.6. The first kappa shape index (κ1) is 20.0. The number of carbonyl (C=O) groups excluding carboxylic acids is 2. The third kappa shape index (κ3) is 4.33. The average molecular weight is 419 g/mol. The van der Waals surface area contributed by atoms with Crippen molar-refractivity contribution in [3.05, 3.63) is 84.4 Å². The maximum Gasteiger partial charge on any atom is 0.241 e. The van der Waals surface area contributed by atoms with Gasteiger partial charge in [-0.3, -0.25) is 14.5 Å². The summed E-state index contributed by atoms with van der Waals surface area (Å²) in [5.41, 5.74) is 2.54. The summed E-state index contributed by atoms with van der Waals surface area (Å²) in [5.74, 6) is 1.48. The van der Waals surface area contributed by atoms with Crippen molar-refractivity contribution in [2.45, 2.75) is 24.5 Å². The maximum absolute atomic E-state index is 12.9. The van der Waals surface area contributed by atoms with Gasteiger partial charge in [-0.05, 0) is 61.0 Å². The van der Waals surface area contributed by atoms with E-state index in [2.05, 4.69) is 5.32 Å². The molecule has 4 rings (SSSR count). The molecule has 0 aromatic heterocycles. The van der Waals surface area contributed by atoms with Gasteiger partial charge in [0.25, 0.3) is 0 Å². The highest BCUT2D eigenvalue weighted by Gasteiger charge is 2.39. The minimum Gasteiger partial charge on any atom is -0.457 e. The molecule has 2 atom stereocenters. The van der Waals surface area contributed by atoms with Crippen LogP contribution in [0.5, 0.6) is 11.5 Å². The van der Waals surface area contributed by atoms with Crippen LogP contribution in [0, 0.1) is 0 Å². The van der Waals surface area contributed by atoms with E-state index in [1.807, 2.05) is 90.7 Å². The average Bonchev–Trinajstić information content (AvgIpc) is 3.04. The fourth-order valence-corrected chi connectivity index (χ4v) is 4.63. The predicted octanol–water partition coefficient (Wildman–Crippen LogP) is 5.60. The van der Waals surface area contributed by atoms with Crippen molar-refractivity contribution >= 4 is 35.0 Å². The molecule has 30 heavy (non-hydrogen) atoms. The molecule has 3 aromatic rings. The number of amides is 2. The number of para-hydroxylation sites is 1. The lowest BCUT2D eigenvalue weighted by Crippen LogP contribution is -2.30. The minimum atomic E-state index is -0.134. The molecule has 5 nitrogen and oxygen atoms in total. The van der Waals surface area contributed by atoms with Gasteiger partial charge in [0.15, 0.2) is 0 Å². The van der Waals surface area contributed by atoms with Crippen molar-refractivity contribution in [3.63, 3.8) is 0 Å². The molecule has 1 N–H and O–H groups in total. The highest BCUT2D eigenvalue weighted by atomic mass is 32.2. The molecule has 1 heterocycles. The molecule has 1 aliphatic heterocycles. The zero-order valence-electron chi connectivity index (χ0n) is 16.7. The number of hydrogen-bond acceptors (Lipinski definition) is 4. The fourth-order valence-electron chi connectivity index (χ4n) is 3.35. The Hall–Kier alpha value is -3.25. The van der Waals surface area contributed by atoms with Crippen molar-refractivity contribution in [1.82, 2.24) is 0 Å². The number of nitrogens with one attached hydrogen (secondary N) is 1. The van der Waals surface area contributed by atoms with E-state index in [-0.39, 0.29) is 22.4 Å². The van der Waals surface area contributed by atoms with Gasteiger partial charge in [-0.25, -0.2) is 0 Å². The molecular formula is C24H22N2O3S. The first-order chi connectivity index (χ1) is 14.5. The number of anilines is 2. The van der Waals surface area contributed by atoms with Crippen LogP contribution in [-0.2, 0) is 9.59 Å². The Morgan fingerprint density at radius 1 is 0.933 bits per heavy atom. The van der Waals surface area contributed by atoms with Crippen molar-refractivity contribution in [1.29, 1.82) is 0 Å². The number of rotatable bonds is 5. The quantitative estimate of drug-likeness (QED) is 0.586. The zero-order valence-corrected chi connectivity index (χ0v) is 17.6. The van der Waals surface area contributed by atoms with Crippen LogP contribution in [0.1, 0.15) is 24.8 Å². The lowest BCUT2D eigenvalue weighted by atomic mass is 10.1. The van der Waals surface area contributed by atoms with Gasteiger partial charge in [0, 0.05) is 18.3 Å². The predicted molar refractivity (Wildman–Crippen MR) is 121 cm³/mol. The van der Waals surface area contributed by atoms with E-state index in [1.54, 1.807) is 11.8 Å². The van der Waals surface area contributed by atoms with Gasteiger partial charge in [0.1, 0.15) is 16.9 Å². The molecular weight excluding hydrogens is 396 g/mol. The Morgan fingerprint density at radius 3 is 2.20 bits per heavy atom. The zero-order chi connectivity index (χ0) is 21.1. The fraction of sp³-hybridized carbons (Fsp3) is 0.167. The number of benzene rings is 3. The summed E-state index contributed by atoms with van der Waals surface area (Å²) < 4.78 is 5.87. The summed E-state index contributed by atoms with van der Waals surface area (Å²) >= 11 is 1.62. The lowest BCUT2D eigenvalue weighted by Gasteiger charge is -2.24. The van der Waals surface area contributed by atoms with E-state index < -0.39 is 0 Å². The Bertz CT molecular complexity index is 1040. The minimum absolute atomic E-state index is 0.0712. The molecule has 1 saturated heterocycles. The molecule has 0 radical (unpaired) electrons. The van der Waals surface area contributed by atoms with E-state index in [0.717, 1.165) is 22.7 Å². The summed E-state index contributed by atoms with van der Waals surface area (Å²) in [7, 11) is 0. The van der Waals surface area contributed by atoms with Crippen molar-refractivity contribution in [2.24, 2.45) is 0 Å². The summed E-state index contributed by atoms with van der Waals surface area (Å²) in [6, 6.07) is 24.8. The molecule has 3 aromatic carbocycles. The molecule has 6 heteroatoms. The van der Waals surface area contributed by atoms with E-state index in [0.29, 0.717) is 5.69 Å². The molecule has 0 bridgehead atoms. The molecule has 1 fully saturated rings. The lowest BCUT2D eigenvalue weighted by molar-refractivity contribution is -0.117. The van der Waals surface area contributed by atoms with Crippen molar-refractivity contribution in [3.8, 4) is 11.5 Å². The Morgan fingerprint density at radius 2 is 1.57 bits per heavy atom. The summed E-state index contributed by atoms with van der Waals surface area (Å²) in [5, 5.41) is 2.50. The van der Waals surface area contributed by atoms with Gasteiger partial charge in [-0.1, -0.05) is 30.3 Å². The summed E-state index contributed by atoms with van der Waals surface area (Å²) in [6.45, 7) is 3.40.